The third kappa shape index (κ3) is 23.1. The first-order chi connectivity index (χ1) is 14.9. The van der Waals surface area contributed by atoms with Crippen molar-refractivity contribution in [3.05, 3.63) is 12.2 Å². The van der Waals surface area contributed by atoms with E-state index in [9.17, 15) is 14.7 Å². The number of aliphatic hydroxyl groups is 1. The second-order valence-corrected chi connectivity index (χ2v) is 8.60. The number of aliphatic hydroxyl groups excluding tert-OH is 1. The van der Waals surface area contributed by atoms with Gasteiger partial charge in [-0.3, -0.25) is 4.79 Å². The number of carboxylic acid groups (broad SMARTS) is 1. The quantitative estimate of drug-likeness (QED) is 0.113. The molecule has 31 heavy (non-hydrogen) atoms. The van der Waals surface area contributed by atoms with Crippen LogP contribution in [-0.2, 0) is 19.1 Å². The van der Waals surface area contributed by atoms with Gasteiger partial charge >= 0.3 is 11.9 Å². The van der Waals surface area contributed by atoms with Crippen molar-refractivity contribution in [3.8, 4) is 0 Å². The molecule has 0 spiro atoms. The van der Waals surface area contributed by atoms with Crippen molar-refractivity contribution in [2.75, 3.05) is 13.2 Å². The van der Waals surface area contributed by atoms with E-state index in [2.05, 4.69) is 13.5 Å². The molecule has 1 saturated heterocycles. The van der Waals surface area contributed by atoms with E-state index in [4.69, 9.17) is 14.6 Å². The molecule has 1 aliphatic heterocycles. The third-order valence-electron chi connectivity index (χ3n) is 5.22. The second kappa shape index (κ2) is 20.5. The van der Waals surface area contributed by atoms with Crippen molar-refractivity contribution < 1.29 is 29.3 Å². The van der Waals surface area contributed by atoms with E-state index in [-0.39, 0.29) is 18.2 Å². The smallest absolute Gasteiger partial charge is 0.333 e. The normalized spacial score (nSPS) is 15.5. The zero-order valence-corrected chi connectivity index (χ0v) is 19.9. The molecule has 0 aromatic rings. The number of epoxide rings is 1. The summed E-state index contributed by atoms with van der Waals surface area (Å²) in [6.07, 6.45) is 16.4. The van der Waals surface area contributed by atoms with Crippen LogP contribution in [0, 0.1) is 0 Å². The van der Waals surface area contributed by atoms with Gasteiger partial charge in [-0.1, -0.05) is 84.1 Å². The molecule has 1 heterocycles. The summed E-state index contributed by atoms with van der Waals surface area (Å²) in [7, 11) is 0. The van der Waals surface area contributed by atoms with Crippen LogP contribution >= 0.6 is 0 Å². The maximum absolute atomic E-state index is 10.7. The number of hydrogen-bond donors (Lipinski definition) is 2. The number of carbonyl (C=O) groups excluding carboxylic acids is 1. The van der Waals surface area contributed by atoms with Crippen molar-refractivity contribution in [2.24, 2.45) is 0 Å². The number of esters is 1. The van der Waals surface area contributed by atoms with E-state index in [1.54, 1.807) is 6.92 Å². The van der Waals surface area contributed by atoms with Gasteiger partial charge in [-0.25, -0.2) is 4.79 Å². The molecule has 0 aromatic heterocycles. The summed E-state index contributed by atoms with van der Waals surface area (Å²) in [5.74, 6) is -1.02. The molecule has 2 N–H and O–H groups in total. The first kappa shape index (κ1) is 29.6. The summed E-state index contributed by atoms with van der Waals surface area (Å²) in [5, 5.41) is 18.4. The molecule has 0 saturated carbocycles. The molecule has 6 heteroatoms. The Morgan fingerprint density at radius 3 is 1.90 bits per heavy atom. The van der Waals surface area contributed by atoms with E-state index in [0.717, 1.165) is 38.5 Å². The highest BCUT2D eigenvalue weighted by Crippen LogP contribution is 2.14. The van der Waals surface area contributed by atoms with Gasteiger partial charge in [-0.15, -0.1) is 0 Å². The van der Waals surface area contributed by atoms with Gasteiger partial charge < -0.3 is 19.7 Å². The standard InChI is InChI=1S/C18H36O3.C7H10O3/c1-2-3-4-11-14-17(19)15-12-9-7-5-6-8-10-13-16-18(20)21;1-5(2)7(8)10-4-6-3-9-6/h17,19H,2-16H2,1H3,(H,20,21);6H,1,3-4H2,2H3. The minimum Gasteiger partial charge on any atom is -0.481 e. The minimum atomic E-state index is -0.678. The summed E-state index contributed by atoms with van der Waals surface area (Å²) in [5.41, 5.74) is 0.431. The Labute approximate surface area is 189 Å². The van der Waals surface area contributed by atoms with Crippen molar-refractivity contribution in [3.63, 3.8) is 0 Å². The lowest BCUT2D eigenvalue weighted by atomic mass is 10.0. The molecule has 1 rings (SSSR count). The molecule has 0 aliphatic carbocycles. The zero-order valence-electron chi connectivity index (χ0n) is 19.9. The third-order valence-corrected chi connectivity index (χ3v) is 5.22. The Morgan fingerprint density at radius 1 is 0.968 bits per heavy atom. The highest BCUT2D eigenvalue weighted by Gasteiger charge is 2.24. The lowest BCUT2D eigenvalue weighted by molar-refractivity contribution is -0.139. The molecule has 1 aliphatic rings. The van der Waals surface area contributed by atoms with Gasteiger partial charge in [-0.05, 0) is 26.2 Å². The summed E-state index contributed by atoms with van der Waals surface area (Å²) in [6, 6.07) is 0. The Balaban J connectivity index is 0.000000743. The molecule has 182 valence electrons. The predicted octanol–water partition coefficient (Wildman–Crippen LogP) is 5.81. The van der Waals surface area contributed by atoms with Gasteiger partial charge in [0.05, 0.1) is 12.7 Å². The highest BCUT2D eigenvalue weighted by atomic mass is 16.6. The molecule has 0 aromatic carbocycles. The molecule has 6 nitrogen and oxygen atoms in total. The second-order valence-electron chi connectivity index (χ2n) is 8.60. The van der Waals surface area contributed by atoms with Crippen LogP contribution in [-0.4, -0.2) is 47.6 Å². The number of hydrogen-bond acceptors (Lipinski definition) is 5. The summed E-state index contributed by atoms with van der Waals surface area (Å²) < 4.78 is 9.60. The maximum Gasteiger partial charge on any atom is 0.333 e. The molecule has 0 amide bonds. The Hall–Kier alpha value is -1.40. The van der Waals surface area contributed by atoms with Crippen LogP contribution in [0.2, 0.25) is 0 Å². The van der Waals surface area contributed by atoms with Gasteiger partial charge in [0.2, 0.25) is 0 Å². The van der Waals surface area contributed by atoms with Crippen molar-refractivity contribution in [1.82, 2.24) is 0 Å². The first-order valence-electron chi connectivity index (χ1n) is 12.2. The molecule has 2 atom stereocenters. The fraction of sp³-hybridized carbons (Fsp3) is 0.840. The van der Waals surface area contributed by atoms with Crippen LogP contribution in [0.1, 0.15) is 110 Å². The van der Waals surface area contributed by atoms with Crippen molar-refractivity contribution >= 4 is 11.9 Å². The van der Waals surface area contributed by atoms with Crippen LogP contribution in [0.15, 0.2) is 12.2 Å². The Morgan fingerprint density at radius 2 is 1.45 bits per heavy atom. The van der Waals surface area contributed by atoms with E-state index in [1.807, 2.05) is 0 Å². The van der Waals surface area contributed by atoms with Crippen LogP contribution in [0.3, 0.4) is 0 Å². The summed E-state index contributed by atoms with van der Waals surface area (Å²) >= 11 is 0. The Kier molecular flexibility index (Phi) is 19.6. The van der Waals surface area contributed by atoms with E-state index in [0.29, 0.717) is 25.2 Å². The fourth-order valence-electron chi connectivity index (χ4n) is 3.12. The van der Waals surface area contributed by atoms with Crippen molar-refractivity contribution in [2.45, 2.75) is 122 Å². The monoisotopic (exact) mass is 442 g/mol. The van der Waals surface area contributed by atoms with Crippen LogP contribution in [0.4, 0.5) is 0 Å². The van der Waals surface area contributed by atoms with E-state index < -0.39 is 5.97 Å². The number of rotatable bonds is 19. The summed E-state index contributed by atoms with van der Waals surface area (Å²) in [6.45, 7) is 8.35. The number of carboxylic acids is 1. The van der Waals surface area contributed by atoms with Crippen molar-refractivity contribution in [1.29, 1.82) is 0 Å². The molecule has 0 radical (unpaired) electrons. The summed E-state index contributed by atoms with van der Waals surface area (Å²) in [4.78, 5) is 21.0. The minimum absolute atomic E-state index is 0.0853. The maximum atomic E-state index is 10.7. The van der Waals surface area contributed by atoms with Gasteiger partial charge in [0.15, 0.2) is 0 Å². The topological polar surface area (TPSA) is 96.4 Å². The van der Waals surface area contributed by atoms with E-state index in [1.165, 1.54) is 51.4 Å². The number of ether oxygens (including phenoxy) is 2. The largest absolute Gasteiger partial charge is 0.481 e. The van der Waals surface area contributed by atoms with Crippen LogP contribution in [0.25, 0.3) is 0 Å². The Bertz CT molecular complexity index is 473. The van der Waals surface area contributed by atoms with Gasteiger partial charge in [0.25, 0.3) is 0 Å². The predicted molar refractivity (Wildman–Crippen MR) is 124 cm³/mol. The molecular formula is C25H46O6. The first-order valence-corrected chi connectivity index (χ1v) is 12.2. The number of unbranched alkanes of at least 4 members (excludes halogenated alkanes) is 10. The van der Waals surface area contributed by atoms with Gasteiger partial charge in [-0.2, -0.15) is 0 Å². The molecule has 2 unspecified atom stereocenters. The van der Waals surface area contributed by atoms with Gasteiger partial charge in [0.1, 0.15) is 12.7 Å². The average molecular weight is 443 g/mol. The highest BCUT2D eigenvalue weighted by molar-refractivity contribution is 5.86. The van der Waals surface area contributed by atoms with E-state index >= 15 is 0 Å². The lowest BCUT2D eigenvalue weighted by Crippen LogP contribution is -2.09. The molecule has 0 bridgehead atoms. The number of carbonyl (C=O) groups is 2. The van der Waals surface area contributed by atoms with Crippen LogP contribution < -0.4 is 0 Å². The van der Waals surface area contributed by atoms with Gasteiger partial charge in [0, 0.05) is 12.0 Å². The number of aliphatic carboxylic acids is 1. The molecule has 1 fully saturated rings. The fourth-order valence-corrected chi connectivity index (χ4v) is 3.12. The SMILES string of the molecule is C=C(C)C(=O)OCC1CO1.CCCCCCC(O)CCCCCCCCCCC(=O)O. The zero-order chi connectivity index (χ0) is 23.3. The lowest BCUT2D eigenvalue weighted by Gasteiger charge is -2.10. The van der Waals surface area contributed by atoms with Crippen LogP contribution in [0.5, 0.6) is 0 Å². The molecular weight excluding hydrogens is 396 g/mol. The average Bonchev–Trinajstić information content (AvgIpc) is 3.55.